The molecule has 146 valence electrons. The second-order valence-electron chi connectivity index (χ2n) is 7.59. The third-order valence-electron chi connectivity index (χ3n) is 5.28. The van der Waals surface area contributed by atoms with Gasteiger partial charge in [-0.2, -0.15) is 0 Å². The van der Waals surface area contributed by atoms with Gasteiger partial charge in [-0.25, -0.2) is 19.0 Å². The first-order chi connectivity index (χ1) is 14.0. The van der Waals surface area contributed by atoms with E-state index in [0.717, 1.165) is 18.6 Å². The molecule has 1 aliphatic rings. The van der Waals surface area contributed by atoms with Gasteiger partial charge in [-0.3, -0.25) is 0 Å². The largest absolute Gasteiger partial charge is 0.384 e. The Morgan fingerprint density at radius 3 is 2.69 bits per heavy atom. The Labute approximate surface area is 166 Å². The molecule has 1 fully saturated rings. The Bertz CT molecular complexity index is 1190. The second-order valence-corrected chi connectivity index (χ2v) is 7.59. The lowest BCUT2D eigenvalue weighted by atomic mass is 10.1. The van der Waals surface area contributed by atoms with Gasteiger partial charge in [0.05, 0.1) is 6.54 Å². The summed E-state index contributed by atoms with van der Waals surface area (Å²) in [6.07, 6.45) is 2.14. The first kappa shape index (κ1) is 17.5. The van der Waals surface area contributed by atoms with Crippen LogP contribution in [0, 0.1) is 5.82 Å². The van der Waals surface area contributed by atoms with E-state index in [0.29, 0.717) is 34.4 Å². The number of benzene rings is 1. The van der Waals surface area contributed by atoms with Crippen LogP contribution in [0.5, 0.6) is 0 Å². The lowest BCUT2D eigenvalue weighted by Crippen LogP contribution is -2.06. The van der Waals surface area contributed by atoms with Crippen LogP contribution in [0.15, 0.2) is 53.1 Å². The number of nitrogens with zero attached hydrogens (tertiary/aromatic N) is 5. The second kappa shape index (κ2) is 6.51. The van der Waals surface area contributed by atoms with Crippen LogP contribution in [0.1, 0.15) is 31.1 Å². The normalized spacial score (nSPS) is 14.8. The predicted octanol–water partition coefficient (Wildman–Crippen LogP) is 3.82. The number of anilines is 1. The van der Waals surface area contributed by atoms with Gasteiger partial charge in [0.2, 0.25) is 0 Å². The highest BCUT2D eigenvalue weighted by Gasteiger charge is 2.43. The molecule has 1 saturated carbocycles. The van der Waals surface area contributed by atoms with Gasteiger partial charge < -0.3 is 10.3 Å². The quantitative estimate of drug-likeness (QED) is 0.557. The maximum Gasteiger partial charge on any atom is 0.200 e. The monoisotopic (exact) mass is 390 g/mol. The molecule has 5 rings (SSSR count). The topological polar surface area (TPSA) is 95.7 Å². The molecule has 0 spiro atoms. The van der Waals surface area contributed by atoms with E-state index in [1.54, 1.807) is 41.1 Å². The first-order valence-electron chi connectivity index (χ1n) is 9.41. The molecule has 0 saturated heterocycles. The molecule has 3 aromatic heterocycles. The first-order valence-corrected chi connectivity index (χ1v) is 9.41. The molecule has 0 unspecified atom stereocenters. The fourth-order valence-electron chi connectivity index (χ4n) is 3.21. The summed E-state index contributed by atoms with van der Waals surface area (Å²) >= 11 is 0. The van der Waals surface area contributed by atoms with E-state index in [-0.39, 0.29) is 17.8 Å². The average Bonchev–Trinajstić information content (AvgIpc) is 3.12. The molecule has 4 aromatic rings. The van der Waals surface area contributed by atoms with E-state index in [4.69, 9.17) is 10.3 Å². The van der Waals surface area contributed by atoms with Crippen molar-refractivity contribution in [1.29, 1.82) is 0 Å². The Hall–Kier alpha value is -3.55. The van der Waals surface area contributed by atoms with Crippen molar-refractivity contribution in [2.75, 3.05) is 5.73 Å². The lowest BCUT2D eigenvalue weighted by molar-refractivity contribution is 0.361. The van der Waals surface area contributed by atoms with Crippen LogP contribution in [0.25, 0.3) is 23.0 Å². The Kier molecular flexibility index (Phi) is 3.94. The van der Waals surface area contributed by atoms with Crippen molar-refractivity contribution < 1.29 is 8.91 Å². The SMILES string of the molecule is CC1(c2cc(-c3nc(-c4cccc(N)n4)nn3Cc3ccccc3F)no2)CC1. The molecule has 0 amide bonds. The van der Waals surface area contributed by atoms with Crippen LogP contribution in [0.3, 0.4) is 0 Å². The van der Waals surface area contributed by atoms with Gasteiger partial charge in [-0.05, 0) is 31.0 Å². The maximum atomic E-state index is 14.2. The number of hydrogen-bond acceptors (Lipinski definition) is 6. The number of halogens is 1. The van der Waals surface area contributed by atoms with E-state index < -0.39 is 0 Å². The number of aromatic nitrogens is 5. The highest BCUT2D eigenvalue weighted by atomic mass is 19.1. The summed E-state index contributed by atoms with van der Waals surface area (Å²) in [6.45, 7) is 2.35. The molecular weight excluding hydrogens is 371 g/mol. The van der Waals surface area contributed by atoms with Crippen LogP contribution < -0.4 is 5.73 Å². The van der Waals surface area contributed by atoms with Crippen molar-refractivity contribution in [3.63, 3.8) is 0 Å². The number of hydrogen-bond donors (Lipinski definition) is 1. The van der Waals surface area contributed by atoms with Crippen molar-refractivity contribution in [3.05, 3.63) is 65.7 Å². The van der Waals surface area contributed by atoms with E-state index >= 15 is 0 Å². The zero-order chi connectivity index (χ0) is 20.0. The number of pyridine rings is 1. The van der Waals surface area contributed by atoms with Crippen LogP contribution in [0.4, 0.5) is 10.2 Å². The van der Waals surface area contributed by atoms with Crippen LogP contribution in [-0.4, -0.2) is 24.9 Å². The fraction of sp³-hybridized carbons (Fsp3) is 0.238. The summed E-state index contributed by atoms with van der Waals surface area (Å²) in [7, 11) is 0. The van der Waals surface area contributed by atoms with Crippen LogP contribution in [0.2, 0.25) is 0 Å². The molecule has 29 heavy (non-hydrogen) atoms. The van der Waals surface area contributed by atoms with Gasteiger partial charge >= 0.3 is 0 Å². The van der Waals surface area contributed by atoms with Gasteiger partial charge in [-0.15, -0.1) is 5.10 Å². The molecule has 1 aromatic carbocycles. The fourth-order valence-corrected chi connectivity index (χ4v) is 3.21. The number of rotatable bonds is 5. The van der Waals surface area contributed by atoms with Crippen molar-refractivity contribution in [1.82, 2.24) is 24.9 Å². The summed E-state index contributed by atoms with van der Waals surface area (Å²) in [6, 6.07) is 13.7. The standard InChI is InChI=1S/C21H19FN6O/c1-21(9-10-21)17-11-16(27-29-17)20-25-19(15-7-4-8-18(23)24-15)26-28(20)12-13-5-2-3-6-14(13)22/h2-8,11H,9-10,12H2,1H3,(H2,23,24). The van der Waals surface area contributed by atoms with Crippen molar-refractivity contribution >= 4 is 5.82 Å². The third kappa shape index (κ3) is 3.26. The molecule has 8 heteroatoms. The van der Waals surface area contributed by atoms with Gasteiger partial charge in [-0.1, -0.05) is 36.3 Å². The maximum absolute atomic E-state index is 14.2. The Morgan fingerprint density at radius 2 is 1.93 bits per heavy atom. The third-order valence-corrected chi connectivity index (χ3v) is 5.28. The minimum Gasteiger partial charge on any atom is -0.384 e. The zero-order valence-electron chi connectivity index (χ0n) is 15.8. The van der Waals surface area contributed by atoms with E-state index in [1.807, 2.05) is 6.07 Å². The molecule has 2 N–H and O–H groups in total. The number of nitrogen functional groups attached to an aromatic ring is 1. The minimum absolute atomic E-state index is 0.0416. The van der Waals surface area contributed by atoms with E-state index in [1.165, 1.54) is 6.07 Å². The van der Waals surface area contributed by atoms with Crippen molar-refractivity contribution in [2.24, 2.45) is 0 Å². The predicted molar refractivity (Wildman–Crippen MR) is 105 cm³/mol. The highest BCUT2D eigenvalue weighted by molar-refractivity contribution is 5.58. The molecule has 0 atom stereocenters. The van der Waals surface area contributed by atoms with Gasteiger partial charge in [0.15, 0.2) is 17.3 Å². The van der Waals surface area contributed by atoms with Gasteiger partial charge in [0.1, 0.15) is 23.1 Å². The minimum atomic E-state index is -0.302. The molecular formula is C21H19FN6O. The summed E-state index contributed by atoms with van der Waals surface area (Å²) < 4.78 is 21.4. The smallest absolute Gasteiger partial charge is 0.200 e. The van der Waals surface area contributed by atoms with Crippen LogP contribution >= 0.6 is 0 Å². The summed E-state index contributed by atoms with van der Waals surface area (Å²) in [5.74, 6) is 1.79. The Balaban J connectivity index is 1.59. The Morgan fingerprint density at radius 1 is 1.10 bits per heavy atom. The van der Waals surface area contributed by atoms with E-state index in [2.05, 4.69) is 27.1 Å². The number of nitrogens with two attached hydrogens (primary N) is 1. The molecule has 3 heterocycles. The van der Waals surface area contributed by atoms with Crippen molar-refractivity contribution in [2.45, 2.75) is 31.7 Å². The summed E-state index contributed by atoms with van der Waals surface area (Å²) in [5, 5.41) is 8.77. The van der Waals surface area contributed by atoms with Gasteiger partial charge in [0, 0.05) is 17.0 Å². The highest BCUT2D eigenvalue weighted by Crippen LogP contribution is 2.48. The zero-order valence-corrected chi connectivity index (χ0v) is 15.8. The molecule has 0 aliphatic heterocycles. The van der Waals surface area contributed by atoms with Crippen molar-refractivity contribution in [3.8, 4) is 23.0 Å². The molecule has 0 radical (unpaired) electrons. The summed E-state index contributed by atoms with van der Waals surface area (Å²) in [4.78, 5) is 8.91. The molecule has 7 nitrogen and oxygen atoms in total. The lowest BCUT2D eigenvalue weighted by Gasteiger charge is -2.05. The average molecular weight is 390 g/mol. The van der Waals surface area contributed by atoms with Crippen LogP contribution in [-0.2, 0) is 12.0 Å². The van der Waals surface area contributed by atoms with Gasteiger partial charge in [0.25, 0.3) is 0 Å². The summed E-state index contributed by atoms with van der Waals surface area (Å²) in [5.41, 5.74) is 7.45. The molecule has 0 bridgehead atoms. The van der Waals surface area contributed by atoms with E-state index in [9.17, 15) is 4.39 Å². The molecule has 1 aliphatic carbocycles.